The van der Waals surface area contributed by atoms with Crippen LogP contribution in [0, 0.1) is 5.82 Å². The summed E-state index contributed by atoms with van der Waals surface area (Å²) in [4.78, 5) is 25.0. The fourth-order valence-electron chi connectivity index (χ4n) is 3.36. The highest BCUT2D eigenvalue weighted by molar-refractivity contribution is 6.35. The van der Waals surface area contributed by atoms with E-state index in [0.29, 0.717) is 23.1 Å². The quantitative estimate of drug-likeness (QED) is 0.407. The third kappa shape index (κ3) is 3.90. The average Bonchev–Trinajstić information content (AvgIpc) is 3.09. The van der Waals surface area contributed by atoms with Crippen molar-refractivity contribution in [1.82, 2.24) is 5.32 Å². The van der Waals surface area contributed by atoms with Crippen LogP contribution in [-0.4, -0.2) is 18.2 Å². The van der Waals surface area contributed by atoms with Crippen LogP contribution in [0.2, 0.25) is 5.02 Å². The molecule has 5 nitrogen and oxygen atoms in total. The molecular weight excluding hydrogens is 419 g/mol. The zero-order valence-corrected chi connectivity index (χ0v) is 17.3. The van der Waals surface area contributed by atoms with Gasteiger partial charge in [-0.1, -0.05) is 29.8 Å². The number of benzene rings is 3. The van der Waals surface area contributed by atoms with Gasteiger partial charge in [-0.15, -0.1) is 0 Å². The van der Waals surface area contributed by atoms with E-state index >= 15 is 0 Å². The molecule has 0 radical (unpaired) electrons. The second-order valence-electron chi connectivity index (χ2n) is 6.95. The number of nitrogen functional groups attached to an aromatic ring is 1. The fraction of sp³-hybridized carbons (Fsp3) is 0.0833. The van der Waals surface area contributed by atoms with Crippen molar-refractivity contribution in [2.45, 2.75) is 6.92 Å². The number of anilines is 1. The Hall–Kier alpha value is -3.64. The zero-order chi connectivity index (χ0) is 22.1. The lowest BCUT2D eigenvalue weighted by Crippen LogP contribution is -2.22. The summed E-state index contributed by atoms with van der Waals surface area (Å²) in [5.74, 6) is -1.29. The Morgan fingerprint density at radius 3 is 2.58 bits per heavy atom. The van der Waals surface area contributed by atoms with Crippen molar-refractivity contribution < 1.29 is 18.4 Å². The van der Waals surface area contributed by atoms with Crippen molar-refractivity contribution >= 4 is 39.9 Å². The molecule has 0 aliphatic rings. The minimum absolute atomic E-state index is 0.0206. The summed E-state index contributed by atoms with van der Waals surface area (Å²) in [5, 5.41) is 3.32. The van der Waals surface area contributed by atoms with Gasteiger partial charge in [0.15, 0.2) is 5.76 Å². The summed E-state index contributed by atoms with van der Waals surface area (Å²) in [6, 6.07) is 16.0. The third-order valence-electron chi connectivity index (χ3n) is 4.91. The number of ketones is 1. The number of fused-ring (bicyclic) bond motifs is 1. The maximum absolute atomic E-state index is 13.3. The van der Waals surface area contributed by atoms with E-state index in [2.05, 4.69) is 5.32 Å². The second-order valence-corrected chi connectivity index (χ2v) is 7.36. The van der Waals surface area contributed by atoms with Gasteiger partial charge in [-0.05, 0) is 60.5 Å². The third-order valence-corrected chi connectivity index (χ3v) is 5.22. The Labute approximate surface area is 182 Å². The predicted octanol–water partition coefficient (Wildman–Crippen LogP) is 5.46. The molecule has 0 fully saturated rings. The van der Waals surface area contributed by atoms with E-state index in [9.17, 15) is 14.0 Å². The van der Waals surface area contributed by atoms with Crippen LogP contribution in [0.4, 0.5) is 10.1 Å². The van der Waals surface area contributed by atoms with E-state index in [1.165, 1.54) is 6.07 Å². The van der Waals surface area contributed by atoms with Crippen LogP contribution in [-0.2, 0) is 0 Å². The van der Waals surface area contributed by atoms with Crippen molar-refractivity contribution in [1.29, 1.82) is 0 Å². The molecule has 0 atom stereocenters. The summed E-state index contributed by atoms with van der Waals surface area (Å²) in [6.07, 6.45) is 0. The number of amides is 1. The van der Waals surface area contributed by atoms with Gasteiger partial charge in [-0.3, -0.25) is 9.59 Å². The van der Waals surface area contributed by atoms with Crippen LogP contribution in [0.1, 0.15) is 33.4 Å². The number of carbonyl (C=O) groups excluding carboxylic acids is 2. The zero-order valence-electron chi connectivity index (χ0n) is 16.5. The number of hydrogen-bond donors (Lipinski definition) is 2. The first-order valence-corrected chi connectivity index (χ1v) is 9.97. The van der Waals surface area contributed by atoms with E-state index in [4.69, 9.17) is 21.8 Å². The van der Waals surface area contributed by atoms with Crippen LogP contribution in [0.3, 0.4) is 0 Å². The Morgan fingerprint density at radius 1 is 1.06 bits per heavy atom. The molecule has 0 saturated carbocycles. The van der Waals surface area contributed by atoms with Crippen LogP contribution < -0.4 is 11.1 Å². The molecule has 0 saturated heterocycles. The van der Waals surface area contributed by atoms with Gasteiger partial charge in [0.25, 0.3) is 5.91 Å². The van der Waals surface area contributed by atoms with Crippen LogP contribution >= 0.6 is 11.6 Å². The first-order valence-electron chi connectivity index (χ1n) is 9.59. The Morgan fingerprint density at radius 2 is 1.84 bits per heavy atom. The SMILES string of the molecule is CCNC(=O)c1cccc(-c2ccc3c(N)c(C(=O)c4ccc(F)cc4Cl)oc3c2)c1. The summed E-state index contributed by atoms with van der Waals surface area (Å²) >= 11 is 6.02. The molecule has 3 aromatic carbocycles. The number of furan rings is 1. The summed E-state index contributed by atoms with van der Waals surface area (Å²) in [7, 11) is 0. The highest BCUT2D eigenvalue weighted by Gasteiger charge is 2.22. The number of halogens is 2. The normalized spacial score (nSPS) is 10.9. The van der Waals surface area contributed by atoms with Crippen LogP contribution in [0.25, 0.3) is 22.1 Å². The molecule has 1 aromatic heterocycles. The van der Waals surface area contributed by atoms with E-state index in [1.807, 2.05) is 19.1 Å². The van der Waals surface area contributed by atoms with Crippen molar-refractivity contribution in [3.8, 4) is 11.1 Å². The van der Waals surface area contributed by atoms with E-state index in [1.54, 1.807) is 30.3 Å². The monoisotopic (exact) mass is 436 g/mol. The van der Waals surface area contributed by atoms with Gasteiger partial charge in [0.05, 0.1) is 10.7 Å². The highest BCUT2D eigenvalue weighted by atomic mass is 35.5. The number of rotatable bonds is 5. The molecular formula is C24H18ClFN2O3. The molecule has 1 heterocycles. The molecule has 4 aromatic rings. The van der Waals surface area contributed by atoms with Crippen LogP contribution in [0.15, 0.2) is 65.1 Å². The second kappa shape index (κ2) is 8.24. The van der Waals surface area contributed by atoms with Gasteiger partial charge in [0.2, 0.25) is 5.78 Å². The van der Waals surface area contributed by atoms with Gasteiger partial charge >= 0.3 is 0 Å². The van der Waals surface area contributed by atoms with Gasteiger partial charge in [-0.2, -0.15) is 0 Å². The molecule has 3 N–H and O–H groups in total. The lowest BCUT2D eigenvalue weighted by molar-refractivity contribution is 0.0955. The largest absolute Gasteiger partial charge is 0.450 e. The summed E-state index contributed by atoms with van der Waals surface area (Å²) in [5.41, 5.74) is 9.01. The summed E-state index contributed by atoms with van der Waals surface area (Å²) in [6.45, 7) is 2.39. The Kier molecular flexibility index (Phi) is 5.48. The molecule has 0 aliphatic carbocycles. The average molecular weight is 437 g/mol. The molecule has 7 heteroatoms. The molecule has 156 valence electrons. The van der Waals surface area contributed by atoms with Crippen molar-refractivity contribution in [3.05, 3.63) is 88.4 Å². The summed E-state index contributed by atoms with van der Waals surface area (Å²) < 4.78 is 19.1. The number of carbonyl (C=O) groups is 2. The number of hydrogen-bond acceptors (Lipinski definition) is 4. The molecule has 1 amide bonds. The minimum atomic E-state index is -0.543. The molecule has 4 rings (SSSR count). The molecule has 31 heavy (non-hydrogen) atoms. The van der Waals surface area contributed by atoms with Crippen molar-refractivity contribution in [3.63, 3.8) is 0 Å². The van der Waals surface area contributed by atoms with Gasteiger partial charge in [0.1, 0.15) is 11.4 Å². The first-order chi connectivity index (χ1) is 14.9. The Bertz CT molecular complexity index is 1330. The maximum atomic E-state index is 13.3. The van der Waals surface area contributed by atoms with E-state index in [-0.39, 0.29) is 27.9 Å². The molecule has 0 spiro atoms. The standard InChI is InChI=1S/C24H18ClFN2O3/c1-2-28-24(30)15-5-3-4-13(10-15)14-6-8-18-20(11-14)31-23(21(18)27)22(29)17-9-7-16(26)12-19(17)25/h3-12H,2,27H2,1H3,(H,28,30). The lowest BCUT2D eigenvalue weighted by atomic mass is 10.0. The predicted molar refractivity (Wildman–Crippen MR) is 119 cm³/mol. The number of nitrogens with one attached hydrogen (secondary N) is 1. The fourth-order valence-corrected chi connectivity index (χ4v) is 3.62. The topological polar surface area (TPSA) is 85.3 Å². The van der Waals surface area contributed by atoms with Gasteiger partial charge in [-0.25, -0.2) is 4.39 Å². The van der Waals surface area contributed by atoms with E-state index in [0.717, 1.165) is 23.3 Å². The molecule has 0 unspecified atom stereocenters. The highest BCUT2D eigenvalue weighted by Crippen LogP contribution is 2.34. The van der Waals surface area contributed by atoms with Crippen molar-refractivity contribution in [2.75, 3.05) is 12.3 Å². The smallest absolute Gasteiger partial charge is 0.251 e. The molecule has 0 bridgehead atoms. The van der Waals surface area contributed by atoms with E-state index < -0.39 is 11.6 Å². The first kappa shape index (κ1) is 20.6. The minimum Gasteiger partial charge on any atom is -0.450 e. The Balaban J connectivity index is 1.74. The van der Waals surface area contributed by atoms with Gasteiger partial charge in [0, 0.05) is 23.1 Å². The molecule has 0 aliphatic heterocycles. The van der Waals surface area contributed by atoms with Gasteiger partial charge < -0.3 is 15.5 Å². The maximum Gasteiger partial charge on any atom is 0.251 e. The van der Waals surface area contributed by atoms with Crippen molar-refractivity contribution in [2.24, 2.45) is 0 Å². The van der Waals surface area contributed by atoms with Crippen LogP contribution in [0.5, 0.6) is 0 Å². The number of nitrogens with two attached hydrogens (primary N) is 1. The lowest BCUT2D eigenvalue weighted by Gasteiger charge is -2.06.